The number of hydrogen-bond donors (Lipinski definition) is 0. The van der Waals surface area contributed by atoms with Gasteiger partial charge in [0.25, 0.3) is 0 Å². The van der Waals surface area contributed by atoms with Gasteiger partial charge in [-0.2, -0.15) is 0 Å². The van der Waals surface area contributed by atoms with Gasteiger partial charge in [-0.25, -0.2) is 9.59 Å². The number of carbonyl (C=O) groups is 2. The average molecular weight is 361 g/mol. The third kappa shape index (κ3) is 3.44. The second-order valence-corrected chi connectivity index (χ2v) is 6.63. The van der Waals surface area contributed by atoms with E-state index in [-0.39, 0.29) is 0 Å². The largest absolute Gasteiger partial charge is 0.466 e. The van der Waals surface area contributed by atoms with Crippen molar-refractivity contribution in [2.75, 3.05) is 27.5 Å². The number of ether oxygens (including phenoxy) is 2. The highest BCUT2D eigenvalue weighted by Crippen LogP contribution is 2.42. The molecule has 1 aromatic carbocycles. The van der Waals surface area contributed by atoms with Crippen LogP contribution in [-0.4, -0.2) is 44.4 Å². The Kier molecular flexibility index (Phi) is 5.95. The fourth-order valence-electron chi connectivity index (χ4n) is 3.06. The first-order chi connectivity index (χ1) is 11.9. The molecule has 0 saturated carbocycles. The summed E-state index contributed by atoms with van der Waals surface area (Å²) in [6.45, 7) is 3.71. The van der Waals surface area contributed by atoms with E-state index < -0.39 is 17.9 Å². The number of rotatable bonds is 4. The van der Waals surface area contributed by atoms with Crippen LogP contribution < -0.4 is 0 Å². The van der Waals surface area contributed by atoms with E-state index in [4.69, 9.17) is 9.47 Å². The Morgan fingerprint density at radius 3 is 1.76 bits per heavy atom. The standard InChI is InChI=1S/C19H23NO4S/c1-11-15(18(21)23-4)17(13-7-9-14(25-6)10-8-13)16(19(22)24-5)12(2)20(11)3/h7-10,17H,1-6H3. The Labute approximate surface area is 152 Å². The van der Waals surface area contributed by atoms with Crippen LogP contribution in [0.15, 0.2) is 51.7 Å². The lowest BCUT2D eigenvalue weighted by Gasteiger charge is -2.35. The Balaban J connectivity index is 2.71. The lowest BCUT2D eigenvalue weighted by atomic mass is 9.80. The number of hydrogen-bond acceptors (Lipinski definition) is 6. The van der Waals surface area contributed by atoms with E-state index in [1.54, 1.807) is 11.8 Å². The molecule has 1 aromatic rings. The minimum absolute atomic E-state index is 0.447. The van der Waals surface area contributed by atoms with Gasteiger partial charge in [0.2, 0.25) is 0 Å². The van der Waals surface area contributed by atoms with E-state index in [0.717, 1.165) is 21.9 Å². The summed E-state index contributed by atoms with van der Waals surface area (Å²) in [4.78, 5) is 27.9. The van der Waals surface area contributed by atoms with Crippen molar-refractivity contribution in [3.8, 4) is 0 Å². The minimum Gasteiger partial charge on any atom is -0.466 e. The molecule has 2 rings (SSSR count). The molecule has 0 bridgehead atoms. The SMILES string of the molecule is COC(=O)C1=C(C)N(C)C(C)=C(C(=O)OC)C1c1ccc(SC)cc1. The second-order valence-electron chi connectivity index (χ2n) is 5.75. The molecular weight excluding hydrogens is 338 g/mol. The van der Waals surface area contributed by atoms with Crippen molar-refractivity contribution in [1.82, 2.24) is 4.90 Å². The smallest absolute Gasteiger partial charge is 0.336 e. The number of nitrogens with zero attached hydrogens (tertiary/aromatic N) is 1. The Bertz CT molecular complexity index is 709. The van der Waals surface area contributed by atoms with Crippen LogP contribution >= 0.6 is 11.8 Å². The van der Waals surface area contributed by atoms with Crippen molar-refractivity contribution >= 4 is 23.7 Å². The van der Waals surface area contributed by atoms with Crippen molar-refractivity contribution in [2.24, 2.45) is 0 Å². The number of allylic oxidation sites excluding steroid dienone is 2. The maximum Gasteiger partial charge on any atom is 0.336 e. The molecule has 25 heavy (non-hydrogen) atoms. The van der Waals surface area contributed by atoms with Gasteiger partial charge in [0.1, 0.15) is 0 Å². The summed E-state index contributed by atoms with van der Waals surface area (Å²) in [5.41, 5.74) is 3.28. The topological polar surface area (TPSA) is 55.8 Å². The van der Waals surface area contributed by atoms with Gasteiger partial charge in [-0.15, -0.1) is 11.8 Å². The third-order valence-electron chi connectivity index (χ3n) is 4.62. The first kappa shape index (κ1) is 19.1. The first-order valence-electron chi connectivity index (χ1n) is 7.83. The van der Waals surface area contributed by atoms with Crippen molar-refractivity contribution in [3.63, 3.8) is 0 Å². The zero-order valence-corrected chi connectivity index (χ0v) is 16.2. The van der Waals surface area contributed by atoms with Gasteiger partial charge in [-0.05, 0) is 37.8 Å². The molecule has 1 heterocycles. The van der Waals surface area contributed by atoms with E-state index in [1.165, 1.54) is 14.2 Å². The van der Waals surface area contributed by atoms with Gasteiger partial charge in [-0.1, -0.05) is 12.1 Å². The van der Waals surface area contributed by atoms with Crippen LogP contribution in [0.4, 0.5) is 0 Å². The summed E-state index contributed by atoms with van der Waals surface area (Å²) < 4.78 is 10.00. The predicted molar refractivity (Wildman–Crippen MR) is 98.2 cm³/mol. The normalized spacial score (nSPS) is 15.5. The van der Waals surface area contributed by atoms with Crippen LogP contribution in [0.2, 0.25) is 0 Å². The third-order valence-corrected chi connectivity index (χ3v) is 5.37. The molecule has 0 saturated heterocycles. The summed E-state index contributed by atoms with van der Waals surface area (Å²) in [6, 6.07) is 7.84. The van der Waals surface area contributed by atoms with Crippen LogP contribution in [0.1, 0.15) is 25.3 Å². The fraction of sp³-hybridized carbons (Fsp3) is 0.368. The summed E-state index contributed by atoms with van der Waals surface area (Å²) >= 11 is 1.63. The van der Waals surface area contributed by atoms with Gasteiger partial charge < -0.3 is 14.4 Å². The molecule has 134 valence electrons. The average Bonchev–Trinajstić information content (AvgIpc) is 2.64. The Morgan fingerprint density at radius 2 is 1.40 bits per heavy atom. The van der Waals surface area contributed by atoms with Gasteiger partial charge in [0.05, 0.1) is 31.3 Å². The molecule has 1 aliphatic heterocycles. The molecule has 0 aromatic heterocycles. The summed E-state index contributed by atoms with van der Waals surface area (Å²) in [5.74, 6) is -1.42. The fourth-order valence-corrected chi connectivity index (χ4v) is 3.46. The summed E-state index contributed by atoms with van der Waals surface area (Å²) in [5, 5.41) is 0. The van der Waals surface area contributed by atoms with Crippen molar-refractivity contribution in [1.29, 1.82) is 0 Å². The zero-order valence-electron chi connectivity index (χ0n) is 15.4. The van der Waals surface area contributed by atoms with E-state index in [9.17, 15) is 9.59 Å². The number of esters is 2. The molecule has 0 atom stereocenters. The van der Waals surface area contributed by atoms with Crippen LogP contribution in [0.5, 0.6) is 0 Å². The molecule has 0 fully saturated rings. The van der Waals surface area contributed by atoms with Crippen LogP contribution in [0, 0.1) is 0 Å². The molecule has 6 heteroatoms. The number of carbonyl (C=O) groups excluding carboxylic acids is 2. The highest BCUT2D eigenvalue weighted by molar-refractivity contribution is 7.98. The molecular formula is C19H23NO4S. The van der Waals surface area contributed by atoms with Gasteiger partial charge in [0, 0.05) is 23.3 Å². The summed E-state index contributed by atoms with van der Waals surface area (Å²) in [6.07, 6.45) is 2.00. The van der Waals surface area contributed by atoms with E-state index in [2.05, 4.69) is 0 Å². The molecule has 1 aliphatic rings. The maximum atomic E-state index is 12.5. The zero-order chi connectivity index (χ0) is 18.7. The highest BCUT2D eigenvalue weighted by atomic mass is 32.2. The molecule has 0 radical (unpaired) electrons. The van der Waals surface area contributed by atoms with E-state index in [0.29, 0.717) is 11.1 Å². The molecule has 0 amide bonds. The van der Waals surface area contributed by atoms with Gasteiger partial charge >= 0.3 is 11.9 Å². The van der Waals surface area contributed by atoms with Gasteiger partial charge in [-0.3, -0.25) is 0 Å². The maximum absolute atomic E-state index is 12.5. The Morgan fingerprint density at radius 1 is 0.960 bits per heavy atom. The molecule has 0 unspecified atom stereocenters. The van der Waals surface area contributed by atoms with Crippen LogP contribution in [-0.2, 0) is 19.1 Å². The molecule has 5 nitrogen and oxygen atoms in total. The van der Waals surface area contributed by atoms with Crippen LogP contribution in [0.25, 0.3) is 0 Å². The van der Waals surface area contributed by atoms with Crippen LogP contribution in [0.3, 0.4) is 0 Å². The quantitative estimate of drug-likeness (QED) is 0.606. The monoisotopic (exact) mass is 361 g/mol. The minimum atomic E-state index is -0.521. The lowest BCUT2D eigenvalue weighted by Crippen LogP contribution is -2.33. The van der Waals surface area contributed by atoms with E-state index >= 15 is 0 Å². The lowest BCUT2D eigenvalue weighted by molar-refractivity contribution is -0.137. The van der Waals surface area contributed by atoms with Crippen molar-refractivity contribution < 1.29 is 19.1 Å². The number of benzene rings is 1. The van der Waals surface area contributed by atoms with Crippen molar-refractivity contribution in [2.45, 2.75) is 24.7 Å². The Hall–Kier alpha value is -2.21. The highest BCUT2D eigenvalue weighted by Gasteiger charge is 2.39. The number of thioether (sulfide) groups is 1. The molecule has 0 N–H and O–H groups in total. The molecule has 0 spiro atoms. The predicted octanol–water partition coefficient (Wildman–Crippen LogP) is 3.33. The first-order valence-corrected chi connectivity index (χ1v) is 9.05. The van der Waals surface area contributed by atoms with E-state index in [1.807, 2.05) is 56.3 Å². The number of methoxy groups -OCH3 is 2. The summed E-state index contributed by atoms with van der Waals surface area (Å²) in [7, 11) is 4.52. The van der Waals surface area contributed by atoms with Crippen molar-refractivity contribution in [3.05, 3.63) is 52.4 Å². The molecule has 0 aliphatic carbocycles. The van der Waals surface area contributed by atoms with Gasteiger partial charge in [0.15, 0.2) is 0 Å². The second kappa shape index (κ2) is 7.78.